The fourth-order valence-electron chi connectivity index (χ4n) is 2.34. The van der Waals surface area contributed by atoms with E-state index in [0.29, 0.717) is 0 Å². The number of hydrogen-bond acceptors (Lipinski definition) is 3. The van der Waals surface area contributed by atoms with Crippen molar-refractivity contribution in [1.82, 2.24) is 10.2 Å². The van der Waals surface area contributed by atoms with Crippen LogP contribution in [-0.2, 0) is 6.54 Å². The van der Waals surface area contributed by atoms with E-state index in [1.807, 2.05) is 11.3 Å². The van der Waals surface area contributed by atoms with E-state index in [0.717, 1.165) is 12.5 Å². The van der Waals surface area contributed by atoms with Gasteiger partial charge >= 0.3 is 0 Å². The van der Waals surface area contributed by atoms with Crippen molar-refractivity contribution in [3.05, 3.63) is 21.9 Å². The minimum atomic E-state index is 0.861. The number of likely N-dealkylation sites (tertiary alicyclic amines) is 1. The van der Waals surface area contributed by atoms with Crippen LogP contribution < -0.4 is 5.32 Å². The van der Waals surface area contributed by atoms with Gasteiger partial charge in [0, 0.05) is 18.0 Å². The van der Waals surface area contributed by atoms with Gasteiger partial charge in [0.25, 0.3) is 0 Å². The van der Waals surface area contributed by atoms with Gasteiger partial charge in [0.1, 0.15) is 0 Å². The van der Waals surface area contributed by atoms with Crippen LogP contribution in [0.2, 0.25) is 0 Å². The van der Waals surface area contributed by atoms with Gasteiger partial charge in [0.2, 0.25) is 0 Å². The summed E-state index contributed by atoms with van der Waals surface area (Å²) in [6.45, 7) is 10.5. The maximum Gasteiger partial charge on any atom is 0.0302 e. The summed E-state index contributed by atoms with van der Waals surface area (Å²) in [5, 5.41) is 5.78. The summed E-state index contributed by atoms with van der Waals surface area (Å²) in [5.41, 5.74) is 1.43. The molecule has 1 N–H and O–H groups in total. The highest BCUT2D eigenvalue weighted by Gasteiger charge is 2.20. The van der Waals surface area contributed by atoms with E-state index in [9.17, 15) is 0 Å². The molecule has 90 valence electrons. The third-order valence-electron chi connectivity index (χ3n) is 3.50. The van der Waals surface area contributed by atoms with Gasteiger partial charge in [-0.15, -0.1) is 11.3 Å². The molecule has 0 saturated carbocycles. The van der Waals surface area contributed by atoms with Crippen molar-refractivity contribution in [3.63, 3.8) is 0 Å². The third kappa shape index (κ3) is 3.06. The van der Waals surface area contributed by atoms with Crippen molar-refractivity contribution >= 4 is 11.3 Å². The molecule has 2 heterocycles. The number of aryl methyl sites for hydroxylation is 1. The zero-order chi connectivity index (χ0) is 11.4. The highest BCUT2D eigenvalue weighted by molar-refractivity contribution is 7.10. The van der Waals surface area contributed by atoms with Crippen molar-refractivity contribution < 1.29 is 0 Å². The van der Waals surface area contributed by atoms with E-state index in [-0.39, 0.29) is 0 Å². The summed E-state index contributed by atoms with van der Waals surface area (Å²) in [7, 11) is 0. The summed E-state index contributed by atoms with van der Waals surface area (Å²) in [6.07, 6.45) is 1.37. The van der Waals surface area contributed by atoms with Crippen LogP contribution >= 0.6 is 11.3 Å². The van der Waals surface area contributed by atoms with E-state index in [2.05, 4.69) is 35.5 Å². The van der Waals surface area contributed by atoms with Crippen molar-refractivity contribution in [2.75, 3.05) is 26.2 Å². The number of hydrogen-bond donors (Lipinski definition) is 1. The minimum absolute atomic E-state index is 0.861. The molecule has 0 amide bonds. The first-order valence-corrected chi connectivity index (χ1v) is 7.13. The Morgan fingerprint density at radius 3 is 3.06 bits per heavy atom. The van der Waals surface area contributed by atoms with Gasteiger partial charge in [-0.1, -0.05) is 6.92 Å². The lowest BCUT2D eigenvalue weighted by Crippen LogP contribution is -2.26. The Morgan fingerprint density at radius 1 is 1.56 bits per heavy atom. The molecule has 1 aliphatic heterocycles. The smallest absolute Gasteiger partial charge is 0.0302 e. The monoisotopic (exact) mass is 238 g/mol. The Balaban J connectivity index is 1.67. The van der Waals surface area contributed by atoms with E-state index >= 15 is 0 Å². The van der Waals surface area contributed by atoms with E-state index < -0.39 is 0 Å². The fourth-order valence-corrected chi connectivity index (χ4v) is 3.22. The third-order valence-corrected chi connectivity index (χ3v) is 4.53. The largest absolute Gasteiger partial charge is 0.312 e. The molecule has 1 saturated heterocycles. The lowest BCUT2D eigenvalue weighted by atomic mass is 10.1. The van der Waals surface area contributed by atoms with Gasteiger partial charge in [0.15, 0.2) is 0 Å². The van der Waals surface area contributed by atoms with E-state index in [1.165, 1.54) is 43.0 Å². The van der Waals surface area contributed by atoms with Crippen LogP contribution in [0.3, 0.4) is 0 Å². The molecule has 0 bridgehead atoms. The fraction of sp³-hybridized carbons (Fsp3) is 0.692. The van der Waals surface area contributed by atoms with Crippen molar-refractivity contribution in [3.8, 4) is 0 Å². The van der Waals surface area contributed by atoms with Crippen LogP contribution in [-0.4, -0.2) is 31.1 Å². The van der Waals surface area contributed by atoms with Crippen molar-refractivity contribution in [2.45, 2.75) is 26.8 Å². The van der Waals surface area contributed by atoms with Crippen LogP contribution in [0.25, 0.3) is 0 Å². The Bertz CT molecular complexity index is 321. The first-order valence-electron chi connectivity index (χ1n) is 6.25. The van der Waals surface area contributed by atoms with Gasteiger partial charge in [-0.3, -0.25) is 0 Å². The molecule has 0 aliphatic carbocycles. The predicted molar refractivity (Wildman–Crippen MR) is 71.0 cm³/mol. The normalized spacial score (nSPS) is 21.8. The predicted octanol–water partition coefficient (Wildman–Crippen LogP) is 2.49. The van der Waals surface area contributed by atoms with Crippen LogP contribution in [0.15, 0.2) is 11.4 Å². The molecule has 1 aliphatic rings. The van der Waals surface area contributed by atoms with Gasteiger partial charge in [0.05, 0.1) is 0 Å². The summed E-state index contributed by atoms with van der Waals surface area (Å²) < 4.78 is 0. The summed E-state index contributed by atoms with van der Waals surface area (Å²) in [5.74, 6) is 0.861. The second kappa shape index (κ2) is 5.80. The average molecular weight is 238 g/mol. The van der Waals surface area contributed by atoms with Gasteiger partial charge in [-0.25, -0.2) is 0 Å². The van der Waals surface area contributed by atoms with Gasteiger partial charge in [-0.2, -0.15) is 0 Å². The first kappa shape index (κ1) is 12.1. The number of nitrogens with one attached hydrogen (secondary N) is 1. The second-order valence-electron chi connectivity index (χ2n) is 4.71. The highest BCUT2D eigenvalue weighted by atomic mass is 32.1. The van der Waals surface area contributed by atoms with Gasteiger partial charge in [-0.05, 0) is 55.9 Å². The number of nitrogens with zero attached hydrogens (tertiary/aromatic N) is 1. The molecule has 0 radical (unpaired) electrons. The maximum absolute atomic E-state index is 3.60. The van der Waals surface area contributed by atoms with Crippen LogP contribution in [0.5, 0.6) is 0 Å². The van der Waals surface area contributed by atoms with E-state index in [4.69, 9.17) is 0 Å². The molecular weight excluding hydrogens is 216 g/mol. The summed E-state index contributed by atoms with van der Waals surface area (Å²) in [4.78, 5) is 4.04. The molecule has 0 spiro atoms. The lowest BCUT2D eigenvalue weighted by Gasteiger charge is -2.13. The number of rotatable bonds is 5. The van der Waals surface area contributed by atoms with Crippen molar-refractivity contribution in [1.29, 1.82) is 0 Å². The minimum Gasteiger partial charge on any atom is -0.312 e. The molecule has 1 atom stereocenters. The standard InChI is InChI=1S/C13H22N2S/c1-3-15-6-4-12(10-15)8-14-9-13-11(2)5-7-16-13/h5,7,12,14H,3-4,6,8-10H2,1-2H3. The SMILES string of the molecule is CCN1CCC(CNCc2sccc2C)C1. The maximum atomic E-state index is 3.60. The van der Waals surface area contributed by atoms with Crippen LogP contribution in [0.1, 0.15) is 23.8 Å². The molecule has 1 aromatic rings. The Hall–Kier alpha value is -0.380. The van der Waals surface area contributed by atoms with Crippen LogP contribution in [0, 0.1) is 12.8 Å². The number of thiophene rings is 1. The quantitative estimate of drug-likeness (QED) is 0.848. The van der Waals surface area contributed by atoms with Crippen molar-refractivity contribution in [2.24, 2.45) is 5.92 Å². The second-order valence-corrected chi connectivity index (χ2v) is 5.71. The zero-order valence-corrected chi connectivity index (χ0v) is 11.1. The van der Waals surface area contributed by atoms with E-state index in [1.54, 1.807) is 0 Å². The topological polar surface area (TPSA) is 15.3 Å². The first-order chi connectivity index (χ1) is 7.79. The Morgan fingerprint density at radius 2 is 2.44 bits per heavy atom. The van der Waals surface area contributed by atoms with Gasteiger partial charge < -0.3 is 10.2 Å². The Labute approximate surface area is 103 Å². The zero-order valence-electron chi connectivity index (χ0n) is 10.3. The van der Waals surface area contributed by atoms with Crippen LogP contribution in [0.4, 0.5) is 0 Å². The highest BCUT2D eigenvalue weighted by Crippen LogP contribution is 2.17. The molecule has 1 fully saturated rings. The summed E-state index contributed by atoms with van der Waals surface area (Å²) >= 11 is 1.86. The molecule has 1 aromatic heterocycles. The molecule has 3 heteroatoms. The lowest BCUT2D eigenvalue weighted by molar-refractivity contribution is 0.339. The molecule has 0 aromatic carbocycles. The molecule has 2 nitrogen and oxygen atoms in total. The average Bonchev–Trinajstić information content (AvgIpc) is 2.89. The Kier molecular flexibility index (Phi) is 4.38. The molecule has 2 rings (SSSR count). The molecule has 1 unspecified atom stereocenters. The molecular formula is C13H22N2S. The molecule has 16 heavy (non-hydrogen) atoms. The summed E-state index contributed by atoms with van der Waals surface area (Å²) in [6, 6.07) is 2.20.